The summed E-state index contributed by atoms with van der Waals surface area (Å²) in [4.78, 5) is 41.0. The molecule has 2 aromatic rings. The van der Waals surface area contributed by atoms with Gasteiger partial charge in [0.2, 0.25) is 10.0 Å². The number of rotatable bonds is 3. The van der Waals surface area contributed by atoms with Gasteiger partial charge < -0.3 is 4.84 Å². The van der Waals surface area contributed by atoms with Crippen LogP contribution in [-0.2, 0) is 14.9 Å². The number of benzene rings is 2. The lowest BCUT2D eigenvalue weighted by Crippen LogP contribution is -2.32. The molecule has 3 rings (SSSR count). The van der Waals surface area contributed by atoms with Crippen molar-refractivity contribution in [2.24, 2.45) is 5.14 Å². The molecule has 2 aromatic carbocycles. The van der Waals surface area contributed by atoms with E-state index in [4.69, 9.17) is 33.2 Å². The number of sulfonamides is 1. The number of amides is 2. The SMILES string of the molecule is NS(=O)(=O)c1cc(C(=O)ON2C(=O)c3ccccc3C2=O)c(Cl)cc1Cl. The quantitative estimate of drug-likeness (QED) is 0.765. The Morgan fingerprint density at radius 1 is 1.00 bits per heavy atom. The van der Waals surface area contributed by atoms with E-state index in [-0.39, 0.29) is 26.2 Å². The van der Waals surface area contributed by atoms with Gasteiger partial charge in [-0.05, 0) is 24.3 Å². The summed E-state index contributed by atoms with van der Waals surface area (Å²) in [7, 11) is -4.24. The zero-order chi connectivity index (χ0) is 19.2. The molecular formula is C15H8Cl2N2O6S. The topological polar surface area (TPSA) is 124 Å². The number of hydrogen-bond donors (Lipinski definition) is 1. The summed E-state index contributed by atoms with van der Waals surface area (Å²) in [5.74, 6) is -2.91. The molecule has 0 fully saturated rings. The third-order valence-corrected chi connectivity index (χ3v) is 5.17. The van der Waals surface area contributed by atoms with E-state index < -0.39 is 38.3 Å². The molecule has 0 radical (unpaired) electrons. The van der Waals surface area contributed by atoms with Gasteiger partial charge in [-0.3, -0.25) is 9.59 Å². The second-order valence-corrected chi connectivity index (χ2v) is 7.48. The minimum absolute atomic E-state index is 0.0673. The summed E-state index contributed by atoms with van der Waals surface area (Å²) in [5, 5.41) is 4.75. The molecule has 0 spiro atoms. The number of carbonyl (C=O) groups excluding carboxylic acids is 3. The first-order chi connectivity index (χ1) is 12.1. The Bertz CT molecular complexity index is 1050. The van der Waals surface area contributed by atoms with Crippen LogP contribution in [0, 0.1) is 0 Å². The predicted octanol–water partition coefficient (Wildman–Crippen LogP) is 2.01. The van der Waals surface area contributed by atoms with Crippen molar-refractivity contribution in [3.63, 3.8) is 0 Å². The van der Waals surface area contributed by atoms with E-state index in [9.17, 15) is 22.8 Å². The van der Waals surface area contributed by atoms with Gasteiger partial charge in [-0.25, -0.2) is 18.4 Å². The lowest BCUT2D eigenvalue weighted by atomic mass is 10.1. The van der Waals surface area contributed by atoms with Gasteiger partial charge >= 0.3 is 5.97 Å². The monoisotopic (exact) mass is 414 g/mol. The van der Waals surface area contributed by atoms with Crippen LogP contribution in [0.25, 0.3) is 0 Å². The van der Waals surface area contributed by atoms with Gasteiger partial charge in [0.25, 0.3) is 11.8 Å². The summed E-state index contributed by atoms with van der Waals surface area (Å²) in [5.41, 5.74) is -0.299. The van der Waals surface area contributed by atoms with E-state index in [1.165, 1.54) is 12.1 Å². The highest BCUT2D eigenvalue weighted by molar-refractivity contribution is 7.89. The number of hydrogen-bond acceptors (Lipinski definition) is 6. The van der Waals surface area contributed by atoms with Crippen molar-refractivity contribution in [3.05, 3.63) is 63.1 Å². The van der Waals surface area contributed by atoms with Crippen LogP contribution < -0.4 is 5.14 Å². The van der Waals surface area contributed by atoms with E-state index in [0.717, 1.165) is 12.1 Å². The smallest absolute Gasteiger partial charge is 0.324 e. The number of hydroxylamine groups is 2. The first kappa shape index (κ1) is 18.3. The van der Waals surface area contributed by atoms with Gasteiger partial charge in [0, 0.05) is 0 Å². The van der Waals surface area contributed by atoms with Crippen molar-refractivity contribution in [1.29, 1.82) is 0 Å². The van der Waals surface area contributed by atoms with Crippen LogP contribution in [0.3, 0.4) is 0 Å². The number of primary sulfonamides is 1. The summed E-state index contributed by atoms with van der Waals surface area (Å²) in [6, 6.07) is 7.69. The summed E-state index contributed by atoms with van der Waals surface area (Å²) in [6.07, 6.45) is 0. The van der Waals surface area contributed by atoms with E-state index in [1.807, 2.05) is 0 Å². The average molecular weight is 415 g/mol. The molecule has 8 nitrogen and oxygen atoms in total. The van der Waals surface area contributed by atoms with Gasteiger partial charge in [-0.2, -0.15) is 0 Å². The fraction of sp³-hybridized carbons (Fsp3) is 0. The molecular weight excluding hydrogens is 407 g/mol. The van der Waals surface area contributed by atoms with Crippen molar-refractivity contribution in [2.75, 3.05) is 0 Å². The van der Waals surface area contributed by atoms with Crippen LogP contribution in [-0.4, -0.2) is 31.3 Å². The van der Waals surface area contributed by atoms with Crippen LogP contribution in [0.4, 0.5) is 0 Å². The van der Waals surface area contributed by atoms with Gasteiger partial charge in [0.15, 0.2) is 0 Å². The predicted molar refractivity (Wildman–Crippen MR) is 90.2 cm³/mol. The molecule has 0 atom stereocenters. The lowest BCUT2D eigenvalue weighted by Gasteiger charge is -2.14. The number of halogens is 2. The maximum atomic E-state index is 12.3. The number of nitrogens with two attached hydrogens (primary N) is 1. The molecule has 2 N–H and O–H groups in total. The third-order valence-electron chi connectivity index (χ3n) is 3.48. The molecule has 0 bridgehead atoms. The van der Waals surface area contributed by atoms with Crippen molar-refractivity contribution >= 4 is 51.0 Å². The highest BCUT2D eigenvalue weighted by Crippen LogP contribution is 2.30. The summed E-state index contributed by atoms with van der Waals surface area (Å²) < 4.78 is 23.0. The highest BCUT2D eigenvalue weighted by Gasteiger charge is 2.39. The lowest BCUT2D eigenvalue weighted by molar-refractivity contribution is -0.0584. The molecule has 1 aliphatic heterocycles. The molecule has 0 aromatic heterocycles. The molecule has 134 valence electrons. The van der Waals surface area contributed by atoms with E-state index in [2.05, 4.69) is 0 Å². The Hall–Kier alpha value is -2.46. The van der Waals surface area contributed by atoms with Crippen molar-refractivity contribution in [3.8, 4) is 0 Å². The fourth-order valence-corrected chi connectivity index (χ4v) is 3.68. The normalized spacial score (nSPS) is 13.7. The maximum absolute atomic E-state index is 12.3. The number of nitrogens with zero attached hydrogens (tertiary/aromatic N) is 1. The molecule has 2 amide bonds. The largest absolute Gasteiger partial charge is 0.365 e. The summed E-state index contributed by atoms with van der Waals surface area (Å²) in [6.45, 7) is 0. The van der Waals surface area contributed by atoms with Gasteiger partial charge in [0.05, 0.1) is 26.7 Å². The molecule has 0 saturated heterocycles. The van der Waals surface area contributed by atoms with Crippen molar-refractivity contribution in [1.82, 2.24) is 5.06 Å². The molecule has 0 aliphatic carbocycles. The van der Waals surface area contributed by atoms with Gasteiger partial charge in [-0.1, -0.05) is 40.4 Å². The Morgan fingerprint density at radius 3 is 2.04 bits per heavy atom. The highest BCUT2D eigenvalue weighted by atomic mass is 35.5. The minimum Gasteiger partial charge on any atom is -0.324 e. The van der Waals surface area contributed by atoms with Crippen LogP contribution in [0.15, 0.2) is 41.3 Å². The Labute approximate surface area is 157 Å². The van der Waals surface area contributed by atoms with Crippen LogP contribution in [0.1, 0.15) is 31.1 Å². The fourth-order valence-electron chi connectivity index (χ4n) is 2.29. The second kappa shape index (κ2) is 6.36. The van der Waals surface area contributed by atoms with Crippen LogP contribution >= 0.6 is 23.2 Å². The maximum Gasteiger partial charge on any atom is 0.365 e. The zero-order valence-electron chi connectivity index (χ0n) is 12.6. The first-order valence-corrected chi connectivity index (χ1v) is 9.13. The molecule has 1 heterocycles. The second-order valence-electron chi connectivity index (χ2n) is 5.14. The average Bonchev–Trinajstić information content (AvgIpc) is 2.79. The summed E-state index contributed by atoms with van der Waals surface area (Å²) >= 11 is 11.6. The number of fused-ring (bicyclic) bond motifs is 1. The van der Waals surface area contributed by atoms with Crippen LogP contribution in [0.2, 0.25) is 10.0 Å². The molecule has 11 heteroatoms. The van der Waals surface area contributed by atoms with E-state index >= 15 is 0 Å². The molecule has 26 heavy (non-hydrogen) atoms. The Morgan fingerprint density at radius 2 is 1.54 bits per heavy atom. The molecule has 1 aliphatic rings. The first-order valence-electron chi connectivity index (χ1n) is 6.83. The Kier molecular flexibility index (Phi) is 4.49. The number of imide groups is 1. The van der Waals surface area contributed by atoms with Gasteiger partial charge in [-0.15, -0.1) is 0 Å². The molecule has 0 saturated carbocycles. The van der Waals surface area contributed by atoms with Crippen LogP contribution in [0.5, 0.6) is 0 Å². The third kappa shape index (κ3) is 3.06. The number of carbonyl (C=O) groups is 3. The van der Waals surface area contributed by atoms with E-state index in [0.29, 0.717) is 0 Å². The Balaban J connectivity index is 1.95. The zero-order valence-corrected chi connectivity index (χ0v) is 14.9. The van der Waals surface area contributed by atoms with Gasteiger partial charge in [0.1, 0.15) is 4.90 Å². The molecule has 0 unspecified atom stereocenters. The van der Waals surface area contributed by atoms with Crippen molar-refractivity contribution in [2.45, 2.75) is 4.90 Å². The standard InChI is InChI=1S/C15H8Cl2N2O6S/c16-10-6-11(17)12(26(18,23)24)5-9(10)15(22)25-19-13(20)7-3-1-2-4-8(7)14(19)21/h1-6H,(H2,18,23,24). The van der Waals surface area contributed by atoms with E-state index in [1.54, 1.807) is 12.1 Å². The minimum atomic E-state index is -4.24. The van der Waals surface area contributed by atoms with Crippen molar-refractivity contribution < 1.29 is 27.6 Å².